The van der Waals surface area contributed by atoms with Crippen LogP contribution in [0.2, 0.25) is 0 Å². The maximum Gasteiger partial charge on any atom is 0.286 e. The number of benzene rings is 2. The van der Waals surface area contributed by atoms with Crippen molar-refractivity contribution in [3.63, 3.8) is 0 Å². The Bertz CT molecular complexity index is 951. The fraction of sp³-hybridized carbons (Fsp3) is 0.273. The molecule has 0 saturated carbocycles. The fourth-order valence-corrected chi connectivity index (χ4v) is 4.37. The first kappa shape index (κ1) is 19.5. The minimum Gasteiger partial charge on any atom is -0.504 e. The normalized spacial score (nSPS) is 18.9. The molecule has 2 heterocycles. The third-order valence-electron chi connectivity index (χ3n) is 5.00. The van der Waals surface area contributed by atoms with Crippen molar-refractivity contribution >= 4 is 28.9 Å². The molecule has 1 N–H and O–H groups in total. The van der Waals surface area contributed by atoms with Gasteiger partial charge in [0.05, 0.1) is 12.0 Å². The van der Waals surface area contributed by atoms with E-state index in [1.165, 1.54) is 24.4 Å². The fourth-order valence-electron chi connectivity index (χ4n) is 3.41. The first-order valence-corrected chi connectivity index (χ1v) is 10.3. The van der Waals surface area contributed by atoms with Crippen LogP contribution in [0.1, 0.15) is 11.1 Å². The number of aromatic hydroxyl groups is 1. The van der Waals surface area contributed by atoms with Crippen LogP contribution in [-0.2, 0) is 11.3 Å². The van der Waals surface area contributed by atoms with Crippen LogP contribution < -0.4 is 4.74 Å². The number of rotatable bonds is 4. The number of hydrogen-bond acceptors (Lipinski definition) is 6. The van der Waals surface area contributed by atoms with E-state index in [-0.39, 0.29) is 11.7 Å². The second-order valence-electron chi connectivity index (χ2n) is 6.99. The van der Waals surface area contributed by atoms with E-state index < -0.39 is 0 Å². The number of ether oxygens (including phenoxy) is 1. The lowest BCUT2D eigenvalue weighted by Crippen LogP contribution is -2.47. The van der Waals surface area contributed by atoms with Crippen molar-refractivity contribution < 1.29 is 14.6 Å². The predicted octanol–water partition coefficient (Wildman–Crippen LogP) is 3.19. The Morgan fingerprint density at radius 3 is 2.62 bits per heavy atom. The molecular weight excluding hydrogens is 386 g/mol. The van der Waals surface area contributed by atoms with Gasteiger partial charge in [0.1, 0.15) is 0 Å². The number of nitrogens with zero attached hydrogens (tertiary/aromatic N) is 3. The summed E-state index contributed by atoms with van der Waals surface area (Å²) in [5.41, 5.74) is 2.11. The van der Waals surface area contributed by atoms with Gasteiger partial charge in [-0.25, -0.2) is 0 Å². The van der Waals surface area contributed by atoms with Gasteiger partial charge in [-0.15, -0.1) is 0 Å². The zero-order valence-electron chi connectivity index (χ0n) is 16.2. The molecule has 0 aromatic heterocycles. The van der Waals surface area contributed by atoms with Gasteiger partial charge in [-0.2, -0.15) is 4.99 Å². The Hall–Kier alpha value is -2.77. The molecule has 2 aromatic carbocycles. The zero-order chi connectivity index (χ0) is 20.2. The largest absolute Gasteiger partial charge is 0.504 e. The summed E-state index contributed by atoms with van der Waals surface area (Å²) in [4.78, 5) is 21.8. The summed E-state index contributed by atoms with van der Waals surface area (Å²) in [6, 6.07) is 15.5. The second-order valence-corrected chi connectivity index (χ2v) is 8.00. The number of carbonyl (C=O) groups excluding carboxylic acids is 1. The molecule has 150 valence electrons. The molecule has 0 unspecified atom stereocenters. The predicted molar refractivity (Wildman–Crippen MR) is 116 cm³/mol. The molecule has 4 rings (SSSR count). The lowest BCUT2D eigenvalue weighted by atomic mass is 10.2. The molecule has 2 aromatic rings. The van der Waals surface area contributed by atoms with Crippen molar-refractivity contribution in [3.05, 3.63) is 64.6 Å². The third kappa shape index (κ3) is 4.63. The van der Waals surface area contributed by atoms with Crippen molar-refractivity contribution in [3.8, 4) is 11.5 Å². The summed E-state index contributed by atoms with van der Waals surface area (Å²) in [5.74, 6) is 0.236. The Kier molecular flexibility index (Phi) is 5.87. The topological polar surface area (TPSA) is 65.4 Å². The SMILES string of the molecule is COc1cc(/C=C2/SC(N3CCN(Cc4ccccc4)CC3)=NC2=O)ccc1O. The van der Waals surface area contributed by atoms with Gasteiger partial charge in [0, 0.05) is 32.7 Å². The molecular formula is C22H23N3O3S. The monoisotopic (exact) mass is 409 g/mol. The van der Waals surface area contributed by atoms with E-state index in [9.17, 15) is 9.90 Å². The van der Waals surface area contributed by atoms with Crippen LogP contribution in [-0.4, -0.2) is 59.3 Å². The first-order chi connectivity index (χ1) is 14.1. The van der Waals surface area contributed by atoms with Gasteiger partial charge >= 0.3 is 0 Å². The number of phenolic OH excluding ortho intramolecular Hbond substituents is 1. The highest BCUT2D eigenvalue weighted by atomic mass is 32.2. The highest BCUT2D eigenvalue weighted by molar-refractivity contribution is 8.18. The summed E-state index contributed by atoms with van der Waals surface area (Å²) in [6.45, 7) is 4.54. The maximum atomic E-state index is 12.4. The van der Waals surface area contributed by atoms with Crippen LogP contribution in [0.25, 0.3) is 6.08 Å². The third-order valence-corrected chi connectivity index (χ3v) is 6.05. The molecule has 2 aliphatic heterocycles. The van der Waals surface area contributed by atoms with E-state index in [0.717, 1.165) is 43.5 Å². The Morgan fingerprint density at radius 2 is 1.90 bits per heavy atom. The van der Waals surface area contributed by atoms with Crippen LogP contribution in [0.5, 0.6) is 11.5 Å². The Morgan fingerprint density at radius 1 is 1.14 bits per heavy atom. The zero-order valence-corrected chi connectivity index (χ0v) is 17.1. The molecule has 0 radical (unpaired) electrons. The standard InChI is InChI=1S/C22H23N3O3S/c1-28-19-13-17(7-8-18(19)26)14-20-21(27)23-22(29-20)25-11-9-24(10-12-25)15-16-5-3-2-4-6-16/h2-8,13-14,26H,9-12,15H2,1H3/b20-14+. The molecule has 1 fully saturated rings. The Balaban J connectivity index is 1.36. The van der Waals surface area contributed by atoms with Gasteiger partial charge in [0.2, 0.25) is 0 Å². The number of piperazine rings is 1. The van der Waals surface area contributed by atoms with Crippen LogP contribution in [0.15, 0.2) is 58.4 Å². The summed E-state index contributed by atoms with van der Waals surface area (Å²) < 4.78 is 5.13. The maximum absolute atomic E-state index is 12.4. The van der Waals surface area contributed by atoms with Crippen LogP contribution >= 0.6 is 11.8 Å². The van der Waals surface area contributed by atoms with Gasteiger partial charge in [-0.05, 0) is 41.1 Å². The molecule has 0 bridgehead atoms. The van der Waals surface area contributed by atoms with Crippen molar-refractivity contribution in [1.82, 2.24) is 9.80 Å². The summed E-state index contributed by atoms with van der Waals surface area (Å²) in [6.07, 6.45) is 1.79. The number of thioether (sulfide) groups is 1. The van der Waals surface area contributed by atoms with Crippen LogP contribution in [0.4, 0.5) is 0 Å². The van der Waals surface area contributed by atoms with Gasteiger partial charge in [0.15, 0.2) is 16.7 Å². The van der Waals surface area contributed by atoms with Crippen LogP contribution in [0.3, 0.4) is 0 Å². The minimum atomic E-state index is -0.219. The molecule has 0 aliphatic carbocycles. The molecule has 0 spiro atoms. The highest BCUT2D eigenvalue weighted by Crippen LogP contribution is 2.33. The van der Waals surface area contributed by atoms with E-state index in [0.29, 0.717) is 10.7 Å². The van der Waals surface area contributed by atoms with E-state index in [1.807, 2.05) is 6.07 Å². The molecule has 7 heteroatoms. The summed E-state index contributed by atoms with van der Waals surface area (Å²) in [7, 11) is 1.50. The second kappa shape index (κ2) is 8.71. The number of phenols is 1. The summed E-state index contributed by atoms with van der Waals surface area (Å²) in [5, 5.41) is 10.5. The van der Waals surface area contributed by atoms with Crippen molar-refractivity contribution in [2.24, 2.45) is 4.99 Å². The molecule has 2 aliphatic rings. The quantitative estimate of drug-likeness (QED) is 0.783. The molecule has 1 saturated heterocycles. The lowest BCUT2D eigenvalue weighted by molar-refractivity contribution is -0.113. The molecule has 0 atom stereocenters. The number of methoxy groups -OCH3 is 1. The molecule has 6 nitrogen and oxygen atoms in total. The van der Waals surface area contributed by atoms with Crippen molar-refractivity contribution in [1.29, 1.82) is 0 Å². The van der Waals surface area contributed by atoms with Gasteiger partial charge < -0.3 is 14.7 Å². The molecule has 29 heavy (non-hydrogen) atoms. The van der Waals surface area contributed by atoms with E-state index in [2.05, 4.69) is 39.1 Å². The average molecular weight is 410 g/mol. The van der Waals surface area contributed by atoms with E-state index in [4.69, 9.17) is 4.74 Å². The van der Waals surface area contributed by atoms with Gasteiger partial charge in [-0.1, -0.05) is 36.4 Å². The van der Waals surface area contributed by atoms with Crippen molar-refractivity contribution in [2.75, 3.05) is 33.3 Å². The van der Waals surface area contributed by atoms with Crippen LogP contribution in [0, 0.1) is 0 Å². The Labute approximate surface area is 174 Å². The highest BCUT2D eigenvalue weighted by Gasteiger charge is 2.28. The average Bonchev–Trinajstić information content (AvgIpc) is 3.11. The minimum absolute atomic E-state index is 0.0744. The number of hydrogen-bond donors (Lipinski definition) is 1. The van der Waals surface area contributed by atoms with Gasteiger partial charge in [0.25, 0.3) is 5.91 Å². The summed E-state index contributed by atoms with van der Waals surface area (Å²) >= 11 is 1.41. The van der Waals surface area contributed by atoms with E-state index >= 15 is 0 Å². The number of carbonyl (C=O) groups is 1. The number of aliphatic imine (C=N–C) groups is 1. The lowest BCUT2D eigenvalue weighted by Gasteiger charge is -2.35. The number of amides is 1. The molecule has 1 amide bonds. The van der Waals surface area contributed by atoms with E-state index in [1.54, 1.807) is 24.3 Å². The van der Waals surface area contributed by atoms with Gasteiger partial charge in [-0.3, -0.25) is 9.69 Å². The first-order valence-electron chi connectivity index (χ1n) is 9.53. The number of amidine groups is 1. The smallest absolute Gasteiger partial charge is 0.286 e. The van der Waals surface area contributed by atoms with Crippen molar-refractivity contribution in [2.45, 2.75) is 6.54 Å².